The summed E-state index contributed by atoms with van der Waals surface area (Å²) < 4.78 is 0. The molecule has 3 rings (SSSR count). The first-order chi connectivity index (χ1) is 8.54. The van der Waals surface area contributed by atoms with Crippen molar-refractivity contribution < 1.29 is 14.8 Å². The molecule has 7 nitrogen and oxygen atoms in total. The normalized spacial score (nSPS) is 18.3. The largest absolute Gasteiger partial charge is 0.389 e. The first-order valence-electron chi connectivity index (χ1n) is 5.59. The Labute approximate surface area is 102 Å². The van der Waals surface area contributed by atoms with Crippen LogP contribution in [-0.4, -0.2) is 35.1 Å². The molecule has 94 valence electrons. The Kier molecular flexibility index (Phi) is 2.24. The number of benzene rings is 1. The second-order valence-electron chi connectivity index (χ2n) is 4.54. The van der Waals surface area contributed by atoms with Gasteiger partial charge < -0.3 is 15.3 Å². The molecule has 0 spiro atoms. The third-order valence-electron chi connectivity index (χ3n) is 3.23. The molecular weight excluding hydrogens is 238 g/mol. The number of rotatable bonds is 2. The maximum Gasteiger partial charge on any atom is 0.292 e. The van der Waals surface area contributed by atoms with Crippen LogP contribution in [0.4, 0.5) is 17.1 Å². The van der Waals surface area contributed by atoms with Crippen LogP contribution in [0.2, 0.25) is 0 Å². The van der Waals surface area contributed by atoms with Gasteiger partial charge in [0.15, 0.2) is 0 Å². The number of nitrogens with zero attached hydrogens (tertiary/aromatic N) is 2. The van der Waals surface area contributed by atoms with Crippen LogP contribution in [0.3, 0.4) is 0 Å². The average molecular weight is 249 g/mol. The molecule has 2 aliphatic heterocycles. The summed E-state index contributed by atoms with van der Waals surface area (Å²) in [5.41, 5.74) is 1.71. The molecule has 2 heterocycles. The van der Waals surface area contributed by atoms with E-state index in [4.69, 9.17) is 0 Å². The Balaban J connectivity index is 2.04. The van der Waals surface area contributed by atoms with E-state index in [2.05, 4.69) is 5.32 Å². The SMILES string of the molecule is O=C1Cc2cc([N+](=O)[O-])c(N3CC(O)C3)cc2N1. The highest BCUT2D eigenvalue weighted by Gasteiger charge is 2.32. The Morgan fingerprint density at radius 3 is 2.78 bits per heavy atom. The minimum atomic E-state index is -0.455. The van der Waals surface area contributed by atoms with E-state index in [0.717, 1.165) is 0 Å². The molecule has 0 aliphatic carbocycles. The van der Waals surface area contributed by atoms with Gasteiger partial charge in [-0.05, 0) is 11.6 Å². The number of fused-ring (bicyclic) bond motifs is 1. The van der Waals surface area contributed by atoms with Crippen molar-refractivity contribution >= 4 is 23.0 Å². The molecule has 0 bridgehead atoms. The molecule has 1 aromatic carbocycles. The first-order valence-corrected chi connectivity index (χ1v) is 5.59. The summed E-state index contributed by atoms with van der Waals surface area (Å²) in [7, 11) is 0. The summed E-state index contributed by atoms with van der Waals surface area (Å²) in [4.78, 5) is 23.6. The van der Waals surface area contributed by atoms with Crippen LogP contribution in [0, 0.1) is 10.1 Å². The number of aliphatic hydroxyl groups is 1. The maximum atomic E-state index is 11.3. The number of carbonyl (C=O) groups is 1. The molecule has 2 N–H and O–H groups in total. The second-order valence-corrected chi connectivity index (χ2v) is 4.54. The third kappa shape index (κ3) is 1.60. The summed E-state index contributed by atoms with van der Waals surface area (Å²) in [5.74, 6) is -0.153. The van der Waals surface area contributed by atoms with Gasteiger partial charge in [-0.25, -0.2) is 0 Å². The minimum Gasteiger partial charge on any atom is -0.389 e. The number of aliphatic hydroxyl groups excluding tert-OH is 1. The highest BCUT2D eigenvalue weighted by atomic mass is 16.6. The molecular formula is C11H11N3O4. The van der Waals surface area contributed by atoms with E-state index in [1.165, 1.54) is 6.07 Å². The smallest absolute Gasteiger partial charge is 0.292 e. The number of hydrogen-bond donors (Lipinski definition) is 2. The van der Waals surface area contributed by atoms with Gasteiger partial charge in [0.25, 0.3) is 5.69 Å². The topological polar surface area (TPSA) is 95.7 Å². The summed E-state index contributed by atoms with van der Waals surface area (Å²) in [6, 6.07) is 3.05. The van der Waals surface area contributed by atoms with Crippen molar-refractivity contribution in [2.75, 3.05) is 23.3 Å². The third-order valence-corrected chi connectivity index (χ3v) is 3.23. The number of amides is 1. The number of nitro groups is 1. The van der Waals surface area contributed by atoms with Gasteiger partial charge in [-0.1, -0.05) is 0 Å². The monoisotopic (exact) mass is 249 g/mol. The van der Waals surface area contributed by atoms with Gasteiger partial charge in [-0.3, -0.25) is 14.9 Å². The fourth-order valence-electron chi connectivity index (χ4n) is 2.30. The number of nitro benzene ring substituents is 1. The van der Waals surface area contributed by atoms with Gasteiger partial charge >= 0.3 is 0 Å². The van der Waals surface area contributed by atoms with E-state index >= 15 is 0 Å². The molecule has 0 atom stereocenters. The molecule has 7 heteroatoms. The fourth-order valence-corrected chi connectivity index (χ4v) is 2.30. The quantitative estimate of drug-likeness (QED) is 0.579. The van der Waals surface area contributed by atoms with Crippen molar-refractivity contribution in [2.45, 2.75) is 12.5 Å². The average Bonchev–Trinajstić information content (AvgIpc) is 2.62. The molecule has 0 unspecified atom stereocenters. The van der Waals surface area contributed by atoms with E-state index in [9.17, 15) is 20.0 Å². The molecule has 1 aromatic rings. The molecule has 0 radical (unpaired) electrons. The molecule has 1 fully saturated rings. The lowest BCUT2D eigenvalue weighted by atomic mass is 10.1. The minimum absolute atomic E-state index is 0.0165. The zero-order valence-electron chi connectivity index (χ0n) is 9.42. The standard InChI is InChI=1S/C11H11N3O4/c15-7-4-13(5-7)9-3-8-6(2-11(16)12-8)1-10(9)14(17)18/h1,3,7,15H,2,4-5H2,(H,12,16). The van der Waals surface area contributed by atoms with E-state index in [1.54, 1.807) is 11.0 Å². The van der Waals surface area contributed by atoms with Gasteiger partial charge in [0, 0.05) is 24.8 Å². The van der Waals surface area contributed by atoms with Crippen molar-refractivity contribution in [3.8, 4) is 0 Å². The molecule has 2 aliphatic rings. The highest BCUT2D eigenvalue weighted by molar-refractivity contribution is 6.00. The number of carbonyl (C=O) groups excluding carboxylic acids is 1. The van der Waals surface area contributed by atoms with Crippen LogP contribution in [-0.2, 0) is 11.2 Å². The number of anilines is 2. The van der Waals surface area contributed by atoms with Gasteiger partial charge in [0.1, 0.15) is 5.69 Å². The van der Waals surface area contributed by atoms with Crippen LogP contribution in [0.25, 0.3) is 0 Å². The number of hydrogen-bond acceptors (Lipinski definition) is 5. The van der Waals surface area contributed by atoms with E-state index in [1.807, 2.05) is 0 Å². The van der Waals surface area contributed by atoms with Crippen LogP contribution in [0.1, 0.15) is 5.56 Å². The van der Waals surface area contributed by atoms with Crippen molar-refractivity contribution in [2.24, 2.45) is 0 Å². The fraction of sp³-hybridized carbons (Fsp3) is 0.364. The van der Waals surface area contributed by atoms with Crippen LogP contribution < -0.4 is 10.2 Å². The Morgan fingerprint density at radius 1 is 1.44 bits per heavy atom. The van der Waals surface area contributed by atoms with Crippen LogP contribution in [0.15, 0.2) is 12.1 Å². The summed E-state index contributed by atoms with van der Waals surface area (Å²) in [5, 5.41) is 23.0. The Morgan fingerprint density at radius 2 is 2.17 bits per heavy atom. The van der Waals surface area contributed by atoms with Gasteiger partial charge in [0.05, 0.1) is 17.4 Å². The summed E-state index contributed by atoms with van der Waals surface area (Å²) in [6.07, 6.45) is -0.258. The second kappa shape index (κ2) is 3.67. The van der Waals surface area contributed by atoms with E-state index in [-0.39, 0.29) is 18.0 Å². The van der Waals surface area contributed by atoms with Crippen molar-refractivity contribution in [1.82, 2.24) is 0 Å². The van der Waals surface area contributed by atoms with Crippen LogP contribution >= 0.6 is 0 Å². The van der Waals surface area contributed by atoms with Crippen molar-refractivity contribution in [3.05, 3.63) is 27.8 Å². The lowest BCUT2D eigenvalue weighted by molar-refractivity contribution is -0.384. The zero-order valence-corrected chi connectivity index (χ0v) is 9.42. The summed E-state index contributed by atoms with van der Waals surface area (Å²) >= 11 is 0. The summed E-state index contributed by atoms with van der Waals surface area (Å²) in [6.45, 7) is 0.765. The number of β-amino-alcohol motifs (C(OH)–C–C–N with tert-alkyl or cyclic N) is 1. The van der Waals surface area contributed by atoms with Gasteiger partial charge in [-0.2, -0.15) is 0 Å². The van der Waals surface area contributed by atoms with Crippen molar-refractivity contribution in [3.63, 3.8) is 0 Å². The zero-order chi connectivity index (χ0) is 12.9. The van der Waals surface area contributed by atoms with Crippen molar-refractivity contribution in [1.29, 1.82) is 0 Å². The lowest BCUT2D eigenvalue weighted by Crippen LogP contribution is -2.51. The molecule has 0 saturated carbocycles. The van der Waals surface area contributed by atoms with Crippen LogP contribution in [0.5, 0.6) is 0 Å². The maximum absolute atomic E-state index is 11.3. The first kappa shape index (κ1) is 11.0. The molecule has 0 aromatic heterocycles. The molecule has 1 saturated heterocycles. The molecule has 18 heavy (non-hydrogen) atoms. The number of nitrogens with one attached hydrogen (secondary N) is 1. The lowest BCUT2D eigenvalue weighted by Gasteiger charge is -2.37. The predicted octanol–water partition coefficient (Wildman–Crippen LogP) is 0.270. The Hall–Kier alpha value is -2.15. The Bertz CT molecular complexity index is 551. The van der Waals surface area contributed by atoms with Gasteiger partial charge in [0.2, 0.25) is 5.91 Å². The molecule has 1 amide bonds. The van der Waals surface area contributed by atoms with Gasteiger partial charge in [-0.15, -0.1) is 0 Å². The highest BCUT2D eigenvalue weighted by Crippen LogP contribution is 2.38. The van der Waals surface area contributed by atoms with E-state index < -0.39 is 11.0 Å². The predicted molar refractivity (Wildman–Crippen MR) is 63.6 cm³/mol. The van der Waals surface area contributed by atoms with E-state index in [0.29, 0.717) is 30.0 Å².